The van der Waals surface area contributed by atoms with E-state index in [1.807, 2.05) is 0 Å². The van der Waals surface area contributed by atoms with Crippen LogP contribution in [0.1, 0.15) is 111 Å². The lowest BCUT2D eigenvalue weighted by molar-refractivity contribution is -0.143. The first kappa shape index (κ1) is 27.1. The van der Waals surface area contributed by atoms with Gasteiger partial charge in [0.2, 0.25) is 0 Å². The predicted molar refractivity (Wildman–Crippen MR) is 126 cm³/mol. The van der Waals surface area contributed by atoms with Gasteiger partial charge in [-0.25, -0.2) is 0 Å². The minimum Gasteiger partial charge on any atom is -0.466 e. The van der Waals surface area contributed by atoms with E-state index in [9.17, 15) is 9.59 Å². The van der Waals surface area contributed by atoms with E-state index in [-0.39, 0.29) is 5.97 Å². The maximum absolute atomic E-state index is 12.3. The topological polar surface area (TPSA) is 46.6 Å². The molecule has 0 aromatic heterocycles. The summed E-state index contributed by atoms with van der Waals surface area (Å²) in [7, 11) is 0. The van der Waals surface area contributed by atoms with Crippen LogP contribution < -0.4 is 0 Å². The number of carbonyl (C=O) groups excluding carboxylic acids is 2. The Kier molecular flexibility index (Phi) is 15.2. The third kappa shape index (κ3) is 13.4. The van der Waals surface area contributed by atoms with Crippen molar-refractivity contribution in [2.45, 2.75) is 111 Å². The number of carbonyl (C=O) groups is 2. The van der Waals surface area contributed by atoms with Crippen molar-refractivity contribution in [3.05, 3.63) is 0 Å². The van der Waals surface area contributed by atoms with Gasteiger partial charge in [0, 0.05) is 25.8 Å². The zero-order valence-electron chi connectivity index (χ0n) is 20.4. The molecule has 0 aromatic carbocycles. The summed E-state index contributed by atoms with van der Waals surface area (Å²) in [6.07, 6.45) is 13.4. The standard InChI is InChI=1S/C26H49NO3/c1-5-6-7-8-12-19-30-26(29)13-10-9-11-17-27-18-16-24(21-27)20-25(28)15-14-23(4)22(2)3/h22-24H,5-21H2,1-4H3. The Balaban J connectivity index is 1.98. The van der Waals surface area contributed by atoms with Crippen LogP contribution in [0, 0.1) is 17.8 Å². The van der Waals surface area contributed by atoms with E-state index in [1.54, 1.807) is 0 Å². The van der Waals surface area contributed by atoms with Crippen molar-refractivity contribution in [3.63, 3.8) is 0 Å². The van der Waals surface area contributed by atoms with Gasteiger partial charge in [-0.2, -0.15) is 0 Å². The highest BCUT2D eigenvalue weighted by atomic mass is 16.5. The Labute approximate surface area is 186 Å². The lowest BCUT2D eigenvalue weighted by Crippen LogP contribution is -2.22. The summed E-state index contributed by atoms with van der Waals surface area (Å²) in [6, 6.07) is 0. The normalized spacial score (nSPS) is 18.1. The van der Waals surface area contributed by atoms with Crippen molar-refractivity contribution in [2.24, 2.45) is 17.8 Å². The lowest BCUT2D eigenvalue weighted by Gasteiger charge is -2.17. The molecule has 1 aliphatic heterocycles. The van der Waals surface area contributed by atoms with E-state index in [0.717, 1.165) is 71.0 Å². The van der Waals surface area contributed by atoms with Gasteiger partial charge in [0.05, 0.1) is 6.61 Å². The number of Topliss-reactive ketones (excluding diaryl/α,β-unsaturated/α-hetero) is 1. The molecule has 2 atom stereocenters. The molecule has 1 rings (SSSR count). The van der Waals surface area contributed by atoms with E-state index in [0.29, 0.717) is 36.6 Å². The Morgan fingerprint density at radius 1 is 0.967 bits per heavy atom. The summed E-state index contributed by atoms with van der Waals surface area (Å²) in [4.78, 5) is 26.5. The summed E-state index contributed by atoms with van der Waals surface area (Å²) in [5, 5.41) is 0. The fourth-order valence-corrected chi connectivity index (χ4v) is 4.17. The largest absolute Gasteiger partial charge is 0.466 e. The lowest BCUT2D eigenvalue weighted by atomic mass is 9.90. The Hall–Kier alpha value is -0.900. The summed E-state index contributed by atoms with van der Waals surface area (Å²) in [6.45, 7) is 12.8. The zero-order valence-corrected chi connectivity index (χ0v) is 20.4. The number of rotatable bonds is 18. The number of nitrogens with zero attached hydrogens (tertiary/aromatic N) is 1. The number of hydrogen-bond donors (Lipinski definition) is 0. The molecule has 0 spiro atoms. The van der Waals surface area contributed by atoms with Crippen LogP contribution in [0.4, 0.5) is 0 Å². The van der Waals surface area contributed by atoms with Crippen molar-refractivity contribution < 1.29 is 14.3 Å². The Bertz CT molecular complexity index is 463. The Morgan fingerprint density at radius 2 is 1.70 bits per heavy atom. The van der Waals surface area contributed by atoms with Crippen LogP contribution in [0.15, 0.2) is 0 Å². The highest BCUT2D eigenvalue weighted by molar-refractivity contribution is 5.78. The summed E-state index contributed by atoms with van der Waals surface area (Å²) < 4.78 is 5.32. The van der Waals surface area contributed by atoms with Gasteiger partial charge >= 0.3 is 5.97 Å². The molecule has 0 aliphatic carbocycles. The minimum atomic E-state index is -0.0305. The summed E-state index contributed by atoms with van der Waals surface area (Å²) >= 11 is 0. The fraction of sp³-hybridized carbons (Fsp3) is 0.923. The second kappa shape index (κ2) is 16.8. The molecule has 0 radical (unpaired) electrons. The van der Waals surface area contributed by atoms with Crippen LogP contribution in [0.3, 0.4) is 0 Å². The number of esters is 1. The van der Waals surface area contributed by atoms with E-state index in [1.165, 1.54) is 25.7 Å². The number of unbranched alkanes of at least 4 members (excludes halogenated alkanes) is 6. The average Bonchev–Trinajstić information content (AvgIpc) is 3.15. The van der Waals surface area contributed by atoms with Gasteiger partial charge in [-0.3, -0.25) is 9.59 Å². The second-order valence-corrected chi connectivity index (χ2v) is 9.90. The van der Waals surface area contributed by atoms with Crippen molar-refractivity contribution in [2.75, 3.05) is 26.2 Å². The molecule has 4 heteroatoms. The third-order valence-electron chi connectivity index (χ3n) is 6.77. The van der Waals surface area contributed by atoms with Crippen LogP contribution in [-0.2, 0) is 14.3 Å². The highest BCUT2D eigenvalue weighted by Crippen LogP contribution is 2.23. The molecule has 176 valence electrons. The smallest absolute Gasteiger partial charge is 0.305 e. The SMILES string of the molecule is CCCCCCCOC(=O)CCCCCN1CCC(CC(=O)CCC(C)C(C)C)C1. The van der Waals surface area contributed by atoms with Gasteiger partial charge in [-0.15, -0.1) is 0 Å². The molecule has 1 heterocycles. The maximum Gasteiger partial charge on any atom is 0.305 e. The molecule has 1 fully saturated rings. The minimum absolute atomic E-state index is 0.0305. The van der Waals surface area contributed by atoms with Crippen molar-refractivity contribution >= 4 is 11.8 Å². The highest BCUT2D eigenvalue weighted by Gasteiger charge is 2.24. The molecule has 1 saturated heterocycles. The fourth-order valence-electron chi connectivity index (χ4n) is 4.17. The second-order valence-electron chi connectivity index (χ2n) is 9.90. The monoisotopic (exact) mass is 423 g/mol. The molecule has 0 saturated carbocycles. The van der Waals surface area contributed by atoms with Crippen molar-refractivity contribution in [3.8, 4) is 0 Å². The molecular weight excluding hydrogens is 374 g/mol. The number of hydrogen-bond acceptors (Lipinski definition) is 4. The molecular formula is C26H49NO3. The van der Waals surface area contributed by atoms with Crippen molar-refractivity contribution in [1.29, 1.82) is 0 Å². The van der Waals surface area contributed by atoms with E-state index >= 15 is 0 Å². The van der Waals surface area contributed by atoms with E-state index in [4.69, 9.17) is 4.74 Å². The Morgan fingerprint density at radius 3 is 2.43 bits per heavy atom. The van der Waals surface area contributed by atoms with Gasteiger partial charge in [-0.1, -0.05) is 59.8 Å². The van der Waals surface area contributed by atoms with Gasteiger partial charge in [0.15, 0.2) is 0 Å². The van der Waals surface area contributed by atoms with Gasteiger partial charge in [0.1, 0.15) is 5.78 Å². The molecule has 0 aromatic rings. The third-order valence-corrected chi connectivity index (χ3v) is 6.77. The average molecular weight is 424 g/mol. The molecule has 30 heavy (non-hydrogen) atoms. The van der Waals surface area contributed by atoms with Gasteiger partial charge < -0.3 is 9.64 Å². The molecule has 2 unspecified atom stereocenters. The molecule has 4 nitrogen and oxygen atoms in total. The summed E-state index contributed by atoms with van der Waals surface area (Å²) in [5.41, 5.74) is 0. The number of ketones is 1. The van der Waals surface area contributed by atoms with Crippen LogP contribution >= 0.6 is 0 Å². The van der Waals surface area contributed by atoms with Crippen LogP contribution in [0.2, 0.25) is 0 Å². The van der Waals surface area contributed by atoms with Crippen LogP contribution in [0.5, 0.6) is 0 Å². The van der Waals surface area contributed by atoms with Gasteiger partial charge in [0.25, 0.3) is 0 Å². The van der Waals surface area contributed by atoms with Gasteiger partial charge in [-0.05, 0) is 62.9 Å². The first-order valence-electron chi connectivity index (χ1n) is 12.8. The molecule has 0 amide bonds. The van der Waals surface area contributed by atoms with E-state index in [2.05, 4.69) is 32.6 Å². The number of ether oxygens (including phenoxy) is 1. The maximum atomic E-state index is 12.3. The molecule has 0 N–H and O–H groups in total. The predicted octanol–water partition coefficient (Wildman–Crippen LogP) is 6.41. The quantitative estimate of drug-likeness (QED) is 0.189. The molecule has 0 bridgehead atoms. The van der Waals surface area contributed by atoms with Crippen LogP contribution in [0.25, 0.3) is 0 Å². The molecule has 1 aliphatic rings. The zero-order chi connectivity index (χ0) is 22.2. The van der Waals surface area contributed by atoms with Crippen molar-refractivity contribution in [1.82, 2.24) is 4.90 Å². The first-order valence-corrected chi connectivity index (χ1v) is 12.8. The first-order chi connectivity index (χ1) is 14.4. The van der Waals surface area contributed by atoms with E-state index < -0.39 is 0 Å². The summed E-state index contributed by atoms with van der Waals surface area (Å²) in [5.74, 6) is 2.28. The van der Waals surface area contributed by atoms with Crippen LogP contribution in [-0.4, -0.2) is 42.9 Å². The number of likely N-dealkylation sites (tertiary alicyclic amines) is 1.